The third-order valence-corrected chi connectivity index (χ3v) is 4.38. The minimum absolute atomic E-state index is 0.830. The van der Waals surface area contributed by atoms with Gasteiger partial charge >= 0.3 is 0 Å². The molecular weight excluding hydrogens is 260 g/mol. The third kappa shape index (κ3) is 2.93. The fourth-order valence-electron chi connectivity index (χ4n) is 3.44. The lowest BCUT2D eigenvalue weighted by Gasteiger charge is -2.20. The van der Waals surface area contributed by atoms with Gasteiger partial charge in [-0.2, -0.15) is 0 Å². The fraction of sp³-hybridized carbons (Fsp3) is 0.556. The molecule has 1 aliphatic heterocycles. The minimum Gasteiger partial charge on any atom is -0.493 e. The van der Waals surface area contributed by atoms with E-state index in [9.17, 15) is 0 Å². The first kappa shape index (κ1) is 14.5. The fourth-order valence-corrected chi connectivity index (χ4v) is 3.44. The lowest BCUT2D eigenvalue weighted by Crippen LogP contribution is -2.27. The zero-order valence-electron chi connectivity index (χ0n) is 13.2. The second-order valence-corrected chi connectivity index (χ2v) is 5.97. The number of aromatic nitrogens is 1. The highest BCUT2D eigenvalue weighted by Crippen LogP contribution is 2.34. The van der Waals surface area contributed by atoms with E-state index in [0.717, 1.165) is 31.7 Å². The van der Waals surface area contributed by atoms with Crippen LogP contribution in [0.5, 0.6) is 5.75 Å². The van der Waals surface area contributed by atoms with Crippen LogP contribution in [0.3, 0.4) is 0 Å². The molecule has 114 valence electrons. The lowest BCUT2D eigenvalue weighted by molar-refractivity contribution is 0.278. The van der Waals surface area contributed by atoms with Crippen molar-refractivity contribution in [3.05, 3.63) is 29.5 Å². The predicted molar refractivity (Wildman–Crippen MR) is 88.2 cm³/mol. The molecule has 0 bridgehead atoms. The van der Waals surface area contributed by atoms with Crippen molar-refractivity contribution in [2.75, 3.05) is 26.2 Å². The molecule has 0 saturated carbocycles. The summed E-state index contributed by atoms with van der Waals surface area (Å²) in [6.07, 6.45) is 6.83. The standard InChI is InChI=1S/C18H26N2O/c1-3-9-20(10-4-2)11-7-14-13-19-16-5-6-17-15(18(14)16)8-12-21-17/h5-6,13,19H,3-4,7-12H2,1-2H3. The van der Waals surface area contributed by atoms with Crippen molar-refractivity contribution in [3.8, 4) is 5.75 Å². The van der Waals surface area contributed by atoms with E-state index in [1.54, 1.807) is 0 Å². The average Bonchev–Trinajstić information content (AvgIpc) is 3.11. The summed E-state index contributed by atoms with van der Waals surface area (Å²) in [5.41, 5.74) is 4.11. The summed E-state index contributed by atoms with van der Waals surface area (Å²) in [5, 5.41) is 1.41. The molecule has 0 unspecified atom stereocenters. The van der Waals surface area contributed by atoms with Crippen molar-refractivity contribution in [1.82, 2.24) is 9.88 Å². The number of nitrogens with one attached hydrogen (secondary N) is 1. The van der Waals surface area contributed by atoms with E-state index in [2.05, 4.69) is 42.1 Å². The summed E-state index contributed by atoms with van der Waals surface area (Å²) < 4.78 is 5.71. The molecule has 2 aromatic rings. The molecule has 2 heterocycles. The number of nitrogens with zero attached hydrogens (tertiary/aromatic N) is 1. The Kier molecular flexibility index (Phi) is 4.49. The van der Waals surface area contributed by atoms with Crippen LogP contribution in [0.1, 0.15) is 37.8 Å². The summed E-state index contributed by atoms with van der Waals surface area (Å²) in [5.74, 6) is 1.09. The SMILES string of the molecule is CCCN(CCC)CCc1c[nH]c2ccc3c(c12)CCO3. The van der Waals surface area contributed by atoms with E-state index in [1.165, 1.54) is 48.0 Å². The number of rotatable bonds is 7. The normalized spacial score (nSPS) is 13.9. The number of ether oxygens (including phenoxy) is 1. The average molecular weight is 286 g/mol. The number of hydrogen-bond acceptors (Lipinski definition) is 2. The monoisotopic (exact) mass is 286 g/mol. The Morgan fingerprint density at radius 3 is 2.71 bits per heavy atom. The summed E-state index contributed by atoms with van der Waals surface area (Å²) in [7, 11) is 0. The van der Waals surface area contributed by atoms with E-state index in [0.29, 0.717) is 0 Å². The Bertz CT molecular complexity index is 597. The van der Waals surface area contributed by atoms with E-state index in [1.807, 2.05) is 0 Å². The number of fused-ring (bicyclic) bond motifs is 3. The van der Waals surface area contributed by atoms with E-state index in [-0.39, 0.29) is 0 Å². The Balaban J connectivity index is 1.79. The maximum absolute atomic E-state index is 5.71. The van der Waals surface area contributed by atoms with Crippen LogP contribution >= 0.6 is 0 Å². The molecule has 3 heteroatoms. The van der Waals surface area contributed by atoms with Gasteiger partial charge in [-0.15, -0.1) is 0 Å². The van der Waals surface area contributed by atoms with Gasteiger partial charge in [0, 0.05) is 35.6 Å². The Hall–Kier alpha value is -1.48. The zero-order valence-corrected chi connectivity index (χ0v) is 13.2. The first-order valence-corrected chi connectivity index (χ1v) is 8.30. The Morgan fingerprint density at radius 2 is 1.95 bits per heavy atom. The molecule has 0 saturated heterocycles. The van der Waals surface area contributed by atoms with Crippen LogP contribution in [0.15, 0.2) is 18.3 Å². The van der Waals surface area contributed by atoms with Gasteiger partial charge in [0.1, 0.15) is 5.75 Å². The molecule has 0 radical (unpaired) electrons. The van der Waals surface area contributed by atoms with E-state index >= 15 is 0 Å². The van der Waals surface area contributed by atoms with Crippen LogP contribution in [0.25, 0.3) is 10.9 Å². The van der Waals surface area contributed by atoms with Crippen molar-refractivity contribution in [2.24, 2.45) is 0 Å². The molecule has 0 aliphatic carbocycles. The van der Waals surface area contributed by atoms with Crippen LogP contribution in [0.2, 0.25) is 0 Å². The van der Waals surface area contributed by atoms with Gasteiger partial charge < -0.3 is 14.6 Å². The van der Waals surface area contributed by atoms with Crippen molar-refractivity contribution in [2.45, 2.75) is 39.5 Å². The third-order valence-electron chi connectivity index (χ3n) is 4.38. The Labute approximate surface area is 127 Å². The number of aromatic amines is 1. The summed E-state index contributed by atoms with van der Waals surface area (Å²) >= 11 is 0. The van der Waals surface area contributed by atoms with E-state index < -0.39 is 0 Å². The van der Waals surface area contributed by atoms with Crippen LogP contribution in [-0.4, -0.2) is 36.1 Å². The zero-order chi connectivity index (χ0) is 14.7. The van der Waals surface area contributed by atoms with Crippen LogP contribution < -0.4 is 4.74 Å². The first-order valence-electron chi connectivity index (χ1n) is 8.30. The lowest BCUT2D eigenvalue weighted by atomic mass is 10.0. The van der Waals surface area contributed by atoms with Crippen molar-refractivity contribution >= 4 is 10.9 Å². The molecule has 1 N–H and O–H groups in total. The van der Waals surface area contributed by atoms with Crippen molar-refractivity contribution < 1.29 is 4.74 Å². The summed E-state index contributed by atoms with van der Waals surface area (Å²) in [6.45, 7) is 8.92. The Morgan fingerprint density at radius 1 is 1.14 bits per heavy atom. The molecule has 0 amide bonds. The molecule has 21 heavy (non-hydrogen) atoms. The summed E-state index contributed by atoms with van der Waals surface area (Å²) in [6, 6.07) is 4.25. The number of H-pyrrole nitrogens is 1. The smallest absolute Gasteiger partial charge is 0.123 e. The number of hydrogen-bond donors (Lipinski definition) is 1. The molecule has 1 aromatic heterocycles. The molecular formula is C18H26N2O. The van der Waals surface area contributed by atoms with Crippen LogP contribution in [-0.2, 0) is 12.8 Å². The van der Waals surface area contributed by atoms with E-state index in [4.69, 9.17) is 4.74 Å². The molecule has 1 aliphatic rings. The van der Waals surface area contributed by atoms with Crippen LogP contribution in [0.4, 0.5) is 0 Å². The van der Waals surface area contributed by atoms with Gasteiger partial charge in [-0.1, -0.05) is 13.8 Å². The van der Waals surface area contributed by atoms with Gasteiger partial charge in [0.15, 0.2) is 0 Å². The highest BCUT2D eigenvalue weighted by Gasteiger charge is 2.18. The maximum atomic E-state index is 5.71. The topological polar surface area (TPSA) is 28.3 Å². The summed E-state index contributed by atoms with van der Waals surface area (Å²) in [4.78, 5) is 6.01. The molecule has 1 aromatic carbocycles. The highest BCUT2D eigenvalue weighted by molar-refractivity contribution is 5.89. The van der Waals surface area contributed by atoms with Crippen molar-refractivity contribution in [1.29, 1.82) is 0 Å². The quantitative estimate of drug-likeness (QED) is 0.839. The van der Waals surface area contributed by atoms with Gasteiger partial charge in [-0.3, -0.25) is 0 Å². The van der Waals surface area contributed by atoms with Gasteiger partial charge in [-0.05, 0) is 50.0 Å². The number of benzene rings is 1. The van der Waals surface area contributed by atoms with Crippen LogP contribution in [0, 0.1) is 0 Å². The molecule has 0 spiro atoms. The molecule has 0 atom stereocenters. The minimum atomic E-state index is 0.830. The predicted octanol–water partition coefficient (Wildman–Crippen LogP) is 3.77. The maximum Gasteiger partial charge on any atom is 0.123 e. The second-order valence-electron chi connectivity index (χ2n) is 5.97. The largest absolute Gasteiger partial charge is 0.493 e. The van der Waals surface area contributed by atoms with Gasteiger partial charge in [0.2, 0.25) is 0 Å². The van der Waals surface area contributed by atoms with Gasteiger partial charge in [-0.25, -0.2) is 0 Å². The highest BCUT2D eigenvalue weighted by atomic mass is 16.5. The molecule has 3 nitrogen and oxygen atoms in total. The van der Waals surface area contributed by atoms with Gasteiger partial charge in [0.25, 0.3) is 0 Å². The second kappa shape index (κ2) is 6.52. The molecule has 3 rings (SSSR count). The molecule has 0 fully saturated rings. The first-order chi connectivity index (χ1) is 10.3. The van der Waals surface area contributed by atoms with Gasteiger partial charge in [0.05, 0.1) is 6.61 Å². The van der Waals surface area contributed by atoms with Crippen molar-refractivity contribution in [3.63, 3.8) is 0 Å².